The molecule has 2 rings (SSSR count). The van der Waals surface area contributed by atoms with Crippen molar-refractivity contribution in [1.29, 1.82) is 0 Å². The molecule has 122 valence electrons. The van der Waals surface area contributed by atoms with Gasteiger partial charge in [-0.1, -0.05) is 18.2 Å². The molecule has 22 heavy (non-hydrogen) atoms. The van der Waals surface area contributed by atoms with Crippen LogP contribution in [0.3, 0.4) is 0 Å². The Labute approximate surface area is 126 Å². The zero-order valence-corrected chi connectivity index (χ0v) is 12.7. The van der Waals surface area contributed by atoms with Crippen molar-refractivity contribution < 1.29 is 26.0 Å². The van der Waals surface area contributed by atoms with E-state index in [2.05, 4.69) is 4.72 Å². The molecule has 1 N–H and O–H groups in total. The van der Waals surface area contributed by atoms with Gasteiger partial charge in [0.15, 0.2) is 0 Å². The predicted octanol–water partition coefficient (Wildman–Crippen LogP) is 3.24. The van der Waals surface area contributed by atoms with Gasteiger partial charge >= 0.3 is 6.18 Å². The van der Waals surface area contributed by atoms with E-state index in [9.17, 15) is 21.6 Å². The molecule has 0 radical (unpaired) electrons. The number of nitrogens with one attached hydrogen (secondary N) is 1. The summed E-state index contributed by atoms with van der Waals surface area (Å²) in [6, 6.07) is 8.55. The maximum atomic E-state index is 12.1. The number of halogens is 3. The highest BCUT2D eigenvalue weighted by molar-refractivity contribution is 7.89. The number of benzene rings is 1. The molecule has 8 heteroatoms. The standard InChI is InChI=1S/C14H16F3NO3S/c1-10(18-22(19,20)7-6-14(15,16)17)8-12-9-11-4-2-3-5-13(11)21-12/h2-5,9-10,18H,6-8H2,1H3/t10-/m1/s1. The third kappa shape index (κ3) is 5.03. The summed E-state index contributed by atoms with van der Waals surface area (Å²) in [5.41, 5.74) is 0.685. The third-order valence-corrected chi connectivity index (χ3v) is 4.52. The van der Waals surface area contributed by atoms with Crippen molar-refractivity contribution in [3.63, 3.8) is 0 Å². The maximum Gasteiger partial charge on any atom is 0.390 e. The van der Waals surface area contributed by atoms with Crippen LogP contribution in [0, 0.1) is 0 Å². The average Bonchev–Trinajstić information content (AvgIpc) is 2.77. The molecule has 1 aromatic heterocycles. The zero-order valence-electron chi connectivity index (χ0n) is 11.9. The lowest BCUT2D eigenvalue weighted by Gasteiger charge is -2.13. The van der Waals surface area contributed by atoms with Gasteiger partial charge in [-0.3, -0.25) is 0 Å². The van der Waals surface area contributed by atoms with Crippen LogP contribution in [-0.4, -0.2) is 26.4 Å². The van der Waals surface area contributed by atoms with Gasteiger partial charge in [-0.2, -0.15) is 13.2 Å². The molecule has 0 fully saturated rings. The Morgan fingerprint density at radius 2 is 1.95 bits per heavy atom. The molecule has 0 amide bonds. The number of hydrogen-bond donors (Lipinski definition) is 1. The third-order valence-electron chi connectivity index (χ3n) is 3.02. The smallest absolute Gasteiger partial charge is 0.390 e. The number of sulfonamides is 1. The van der Waals surface area contributed by atoms with E-state index in [0.29, 0.717) is 11.3 Å². The Hall–Kier alpha value is -1.54. The van der Waals surface area contributed by atoms with Crippen LogP contribution in [0.5, 0.6) is 0 Å². The first-order valence-corrected chi connectivity index (χ1v) is 8.34. The fourth-order valence-electron chi connectivity index (χ4n) is 2.10. The van der Waals surface area contributed by atoms with Crippen molar-refractivity contribution in [3.05, 3.63) is 36.1 Å². The van der Waals surface area contributed by atoms with Crippen LogP contribution in [0.4, 0.5) is 13.2 Å². The summed E-state index contributed by atoms with van der Waals surface area (Å²) in [5, 5.41) is 0.893. The van der Waals surface area contributed by atoms with Gasteiger partial charge in [0.2, 0.25) is 10.0 Å². The van der Waals surface area contributed by atoms with Crippen LogP contribution in [0.1, 0.15) is 19.1 Å². The molecule has 0 aliphatic rings. The first kappa shape index (κ1) is 16.8. The van der Waals surface area contributed by atoms with Gasteiger partial charge in [-0.15, -0.1) is 0 Å². The van der Waals surface area contributed by atoms with Crippen LogP contribution in [-0.2, 0) is 16.4 Å². The Kier molecular flexibility index (Phi) is 4.81. The molecular formula is C14H16F3NO3S. The largest absolute Gasteiger partial charge is 0.461 e. The lowest BCUT2D eigenvalue weighted by atomic mass is 10.2. The molecule has 0 saturated carbocycles. The highest BCUT2D eigenvalue weighted by Gasteiger charge is 2.30. The lowest BCUT2D eigenvalue weighted by Crippen LogP contribution is -2.36. The topological polar surface area (TPSA) is 59.3 Å². The van der Waals surface area contributed by atoms with Gasteiger partial charge in [0.25, 0.3) is 0 Å². The number of hydrogen-bond acceptors (Lipinski definition) is 3. The van der Waals surface area contributed by atoms with E-state index in [0.717, 1.165) is 5.39 Å². The summed E-state index contributed by atoms with van der Waals surface area (Å²) >= 11 is 0. The summed E-state index contributed by atoms with van der Waals surface area (Å²) in [4.78, 5) is 0. The summed E-state index contributed by atoms with van der Waals surface area (Å²) in [6.45, 7) is 1.58. The average molecular weight is 335 g/mol. The summed E-state index contributed by atoms with van der Waals surface area (Å²) in [5.74, 6) is -0.395. The van der Waals surface area contributed by atoms with Crippen molar-refractivity contribution in [2.24, 2.45) is 0 Å². The lowest BCUT2D eigenvalue weighted by molar-refractivity contribution is -0.130. The van der Waals surface area contributed by atoms with E-state index in [1.165, 1.54) is 0 Å². The quantitative estimate of drug-likeness (QED) is 0.882. The molecule has 4 nitrogen and oxygen atoms in total. The van der Waals surface area contributed by atoms with Crippen LogP contribution >= 0.6 is 0 Å². The van der Waals surface area contributed by atoms with Crippen LogP contribution in [0.25, 0.3) is 11.0 Å². The van der Waals surface area contributed by atoms with Crippen molar-refractivity contribution in [1.82, 2.24) is 4.72 Å². The number of para-hydroxylation sites is 1. The zero-order chi connectivity index (χ0) is 16.4. The Bertz CT molecular complexity index is 704. The Morgan fingerprint density at radius 1 is 1.27 bits per heavy atom. The number of alkyl halides is 3. The normalized spacial score (nSPS) is 14.4. The maximum absolute atomic E-state index is 12.1. The molecule has 0 unspecified atom stereocenters. The number of fused-ring (bicyclic) bond motifs is 1. The highest BCUT2D eigenvalue weighted by atomic mass is 32.2. The van der Waals surface area contributed by atoms with Crippen molar-refractivity contribution in [2.45, 2.75) is 32.0 Å². The molecule has 2 aromatic rings. The number of furan rings is 1. The second-order valence-corrected chi connectivity index (χ2v) is 7.03. The SMILES string of the molecule is C[C@H](Cc1cc2ccccc2o1)NS(=O)(=O)CCC(F)(F)F. The Balaban J connectivity index is 1.95. The first-order chi connectivity index (χ1) is 10.1. The van der Waals surface area contributed by atoms with Gasteiger partial charge in [-0.25, -0.2) is 13.1 Å². The molecule has 0 aliphatic heterocycles. The van der Waals surface area contributed by atoms with Gasteiger partial charge < -0.3 is 4.42 Å². The monoisotopic (exact) mass is 335 g/mol. The van der Waals surface area contributed by atoms with E-state index in [1.807, 2.05) is 18.2 Å². The fraction of sp³-hybridized carbons (Fsp3) is 0.429. The molecule has 0 saturated heterocycles. The molecule has 1 atom stereocenters. The minimum Gasteiger partial charge on any atom is -0.461 e. The minimum absolute atomic E-state index is 0.264. The van der Waals surface area contributed by atoms with Crippen molar-refractivity contribution >= 4 is 21.0 Å². The van der Waals surface area contributed by atoms with Gasteiger partial charge in [0.1, 0.15) is 11.3 Å². The van der Waals surface area contributed by atoms with E-state index in [-0.39, 0.29) is 6.42 Å². The van der Waals surface area contributed by atoms with E-state index in [1.54, 1.807) is 19.1 Å². The predicted molar refractivity (Wildman–Crippen MR) is 77.0 cm³/mol. The van der Waals surface area contributed by atoms with Crippen molar-refractivity contribution in [3.8, 4) is 0 Å². The summed E-state index contributed by atoms with van der Waals surface area (Å²) in [7, 11) is -3.98. The highest BCUT2D eigenvalue weighted by Crippen LogP contribution is 2.21. The summed E-state index contributed by atoms with van der Waals surface area (Å²) in [6.07, 6.45) is -5.59. The van der Waals surface area contributed by atoms with Crippen LogP contribution in [0.15, 0.2) is 34.7 Å². The number of rotatable bonds is 6. The Morgan fingerprint density at radius 3 is 2.59 bits per heavy atom. The van der Waals surface area contributed by atoms with Gasteiger partial charge in [0.05, 0.1) is 12.2 Å². The van der Waals surface area contributed by atoms with Gasteiger partial charge in [0, 0.05) is 17.8 Å². The molecule has 1 aromatic carbocycles. The first-order valence-electron chi connectivity index (χ1n) is 6.69. The second kappa shape index (κ2) is 6.29. The van der Waals surface area contributed by atoms with Crippen LogP contribution in [0.2, 0.25) is 0 Å². The van der Waals surface area contributed by atoms with E-state index < -0.39 is 34.4 Å². The molecule has 0 spiro atoms. The fourth-order valence-corrected chi connectivity index (χ4v) is 3.41. The van der Waals surface area contributed by atoms with Crippen LogP contribution < -0.4 is 4.72 Å². The summed E-state index contributed by atoms with van der Waals surface area (Å²) < 4.78 is 67.2. The van der Waals surface area contributed by atoms with E-state index in [4.69, 9.17) is 4.42 Å². The molecule has 0 bridgehead atoms. The van der Waals surface area contributed by atoms with E-state index >= 15 is 0 Å². The molecule has 1 heterocycles. The minimum atomic E-state index is -4.49. The molecular weight excluding hydrogens is 319 g/mol. The van der Waals surface area contributed by atoms with Crippen molar-refractivity contribution in [2.75, 3.05) is 5.75 Å². The van der Waals surface area contributed by atoms with Gasteiger partial charge in [-0.05, 0) is 19.1 Å². The second-order valence-electron chi connectivity index (χ2n) is 5.16. The molecule has 0 aliphatic carbocycles.